The van der Waals surface area contributed by atoms with Crippen molar-refractivity contribution in [3.63, 3.8) is 0 Å². The Morgan fingerprint density at radius 1 is 1.79 bits per heavy atom. The molecule has 0 spiro atoms. The molecule has 0 fully saturated rings. The standard InChI is InChI=1S/C9H10N2O2S/c1-2-13-6-8(12)11-9-7(5-10)3-4-14-9/h3-4H,2,6H2,1H3,(H,11,12). The first-order valence-electron chi connectivity index (χ1n) is 4.13. The van der Waals surface area contributed by atoms with E-state index < -0.39 is 0 Å². The van der Waals surface area contributed by atoms with Gasteiger partial charge in [0.2, 0.25) is 0 Å². The summed E-state index contributed by atoms with van der Waals surface area (Å²) < 4.78 is 4.93. The molecule has 0 aliphatic heterocycles. The van der Waals surface area contributed by atoms with Gasteiger partial charge in [-0.1, -0.05) is 0 Å². The number of carbonyl (C=O) groups is 1. The van der Waals surface area contributed by atoms with Gasteiger partial charge in [0.15, 0.2) is 0 Å². The molecule has 1 N–H and O–H groups in total. The van der Waals surface area contributed by atoms with E-state index >= 15 is 0 Å². The number of nitrogens with zero attached hydrogens (tertiary/aromatic N) is 1. The van der Waals surface area contributed by atoms with Crippen LogP contribution in [-0.2, 0) is 9.53 Å². The fourth-order valence-corrected chi connectivity index (χ4v) is 1.61. The predicted octanol–water partition coefficient (Wildman–Crippen LogP) is 1.59. The van der Waals surface area contributed by atoms with Gasteiger partial charge in [-0.15, -0.1) is 11.3 Å². The Hall–Kier alpha value is -1.38. The van der Waals surface area contributed by atoms with Crippen molar-refractivity contribution in [2.24, 2.45) is 0 Å². The van der Waals surface area contributed by atoms with E-state index in [1.54, 1.807) is 11.4 Å². The topological polar surface area (TPSA) is 62.1 Å². The van der Waals surface area contributed by atoms with Crippen LogP contribution in [0.5, 0.6) is 0 Å². The Balaban J connectivity index is 2.52. The molecule has 0 saturated carbocycles. The van der Waals surface area contributed by atoms with Crippen LogP contribution in [0.25, 0.3) is 0 Å². The van der Waals surface area contributed by atoms with Crippen LogP contribution >= 0.6 is 11.3 Å². The second kappa shape index (κ2) is 5.37. The number of ether oxygens (including phenoxy) is 1. The van der Waals surface area contributed by atoms with Crippen molar-refractivity contribution < 1.29 is 9.53 Å². The van der Waals surface area contributed by atoms with Gasteiger partial charge in [-0.05, 0) is 18.4 Å². The van der Waals surface area contributed by atoms with E-state index in [1.165, 1.54) is 11.3 Å². The number of anilines is 1. The lowest BCUT2D eigenvalue weighted by atomic mass is 10.3. The molecule has 1 rings (SSSR count). The van der Waals surface area contributed by atoms with Crippen LogP contribution in [0, 0.1) is 11.3 Å². The summed E-state index contributed by atoms with van der Waals surface area (Å²) in [4.78, 5) is 11.2. The minimum Gasteiger partial charge on any atom is -0.372 e. The highest BCUT2D eigenvalue weighted by Crippen LogP contribution is 2.21. The fraction of sp³-hybridized carbons (Fsp3) is 0.333. The molecule has 5 heteroatoms. The van der Waals surface area contributed by atoms with E-state index in [-0.39, 0.29) is 12.5 Å². The molecule has 0 aliphatic rings. The maximum absolute atomic E-state index is 11.2. The van der Waals surface area contributed by atoms with Gasteiger partial charge in [0.25, 0.3) is 5.91 Å². The Labute approximate surface area is 86.1 Å². The molecule has 1 heterocycles. The first-order valence-corrected chi connectivity index (χ1v) is 5.01. The molecule has 0 aliphatic carbocycles. The third-order valence-electron chi connectivity index (χ3n) is 1.48. The van der Waals surface area contributed by atoms with Gasteiger partial charge < -0.3 is 10.1 Å². The van der Waals surface area contributed by atoms with E-state index in [2.05, 4.69) is 5.32 Å². The third-order valence-corrected chi connectivity index (χ3v) is 2.31. The molecule has 1 aromatic heterocycles. The molecular formula is C9H10N2O2S. The molecule has 0 bridgehead atoms. The summed E-state index contributed by atoms with van der Waals surface area (Å²) >= 11 is 1.33. The number of carbonyl (C=O) groups excluding carboxylic acids is 1. The summed E-state index contributed by atoms with van der Waals surface area (Å²) in [7, 11) is 0. The molecule has 74 valence electrons. The summed E-state index contributed by atoms with van der Waals surface area (Å²) in [6.45, 7) is 2.35. The minimum atomic E-state index is -0.231. The fourth-order valence-electron chi connectivity index (χ4n) is 0.852. The van der Waals surface area contributed by atoms with Crippen molar-refractivity contribution in [2.75, 3.05) is 18.5 Å². The summed E-state index contributed by atoms with van der Waals surface area (Å²) in [6, 6.07) is 3.66. The van der Waals surface area contributed by atoms with Crippen molar-refractivity contribution in [2.45, 2.75) is 6.92 Å². The molecular weight excluding hydrogens is 200 g/mol. The Bertz CT molecular complexity index is 354. The highest BCUT2D eigenvalue weighted by molar-refractivity contribution is 7.14. The van der Waals surface area contributed by atoms with Gasteiger partial charge in [-0.2, -0.15) is 5.26 Å². The van der Waals surface area contributed by atoms with Gasteiger partial charge in [-0.3, -0.25) is 4.79 Å². The molecule has 0 radical (unpaired) electrons. The summed E-state index contributed by atoms with van der Waals surface area (Å²) in [5, 5.41) is 13.6. The monoisotopic (exact) mass is 210 g/mol. The highest BCUT2D eigenvalue weighted by Gasteiger charge is 2.07. The molecule has 1 aromatic rings. The van der Waals surface area contributed by atoms with Crippen LogP contribution in [-0.4, -0.2) is 19.1 Å². The van der Waals surface area contributed by atoms with Crippen LogP contribution in [0.4, 0.5) is 5.00 Å². The number of amides is 1. The lowest BCUT2D eigenvalue weighted by Gasteiger charge is -2.02. The zero-order chi connectivity index (χ0) is 10.4. The maximum atomic E-state index is 11.2. The molecule has 14 heavy (non-hydrogen) atoms. The Morgan fingerprint density at radius 3 is 3.21 bits per heavy atom. The van der Waals surface area contributed by atoms with Crippen molar-refractivity contribution in [3.05, 3.63) is 17.0 Å². The minimum absolute atomic E-state index is 0.0271. The summed E-state index contributed by atoms with van der Waals surface area (Å²) in [5.41, 5.74) is 0.486. The van der Waals surface area contributed by atoms with Gasteiger partial charge in [0, 0.05) is 6.61 Å². The van der Waals surface area contributed by atoms with Crippen molar-refractivity contribution in [1.82, 2.24) is 0 Å². The van der Waals surface area contributed by atoms with Crippen molar-refractivity contribution >= 4 is 22.2 Å². The number of thiophene rings is 1. The van der Waals surface area contributed by atoms with Crippen molar-refractivity contribution in [1.29, 1.82) is 5.26 Å². The van der Waals surface area contributed by atoms with E-state index in [9.17, 15) is 4.79 Å². The lowest BCUT2D eigenvalue weighted by molar-refractivity contribution is -0.120. The van der Waals surface area contributed by atoms with E-state index in [0.29, 0.717) is 17.2 Å². The maximum Gasteiger partial charge on any atom is 0.251 e. The first-order chi connectivity index (χ1) is 6.77. The molecule has 4 nitrogen and oxygen atoms in total. The van der Waals surface area contributed by atoms with Crippen LogP contribution < -0.4 is 5.32 Å². The largest absolute Gasteiger partial charge is 0.372 e. The van der Waals surface area contributed by atoms with Gasteiger partial charge in [-0.25, -0.2) is 0 Å². The average molecular weight is 210 g/mol. The zero-order valence-corrected chi connectivity index (χ0v) is 8.56. The molecule has 0 unspecified atom stereocenters. The quantitative estimate of drug-likeness (QED) is 0.820. The van der Waals surface area contributed by atoms with Crippen LogP contribution in [0.2, 0.25) is 0 Å². The van der Waals surface area contributed by atoms with Gasteiger partial charge in [0.05, 0.1) is 5.56 Å². The normalized spacial score (nSPS) is 9.43. The lowest BCUT2D eigenvalue weighted by Crippen LogP contribution is -2.17. The SMILES string of the molecule is CCOCC(=O)Nc1sccc1C#N. The van der Waals surface area contributed by atoms with E-state index in [4.69, 9.17) is 10.00 Å². The number of hydrogen-bond acceptors (Lipinski definition) is 4. The molecule has 0 aromatic carbocycles. The summed E-state index contributed by atoms with van der Waals surface area (Å²) in [5.74, 6) is -0.231. The molecule has 1 amide bonds. The van der Waals surface area contributed by atoms with Crippen molar-refractivity contribution in [3.8, 4) is 6.07 Å². The number of rotatable bonds is 4. The Kier molecular flexibility index (Phi) is 4.11. The van der Waals surface area contributed by atoms with Crippen LogP contribution in [0.3, 0.4) is 0 Å². The first kappa shape index (κ1) is 10.7. The van der Waals surface area contributed by atoms with Gasteiger partial charge >= 0.3 is 0 Å². The van der Waals surface area contributed by atoms with Crippen LogP contribution in [0.1, 0.15) is 12.5 Å². The van der Waals surface area contributed by atoms with E-state index in [0.717, 1.165) is 0 Å². The predicted molar refractivity (Wildman–Crippen MR) is 54.2 cm³/mol. The van der Waals surface area contributed by atoms with Crippen LogP contribution in [0.15, 0.2) is 11.4 Å². The number of hydrogen-bond donors (Lipinski definition) is 1. The molecule has 0 saturated heterocycles. The smallest absolute Gasteiger partial charge is 0.251 e. The third kappa shape index (κ3) is 2.83. The number of nitrogens with one attached hydrogen (secondary N) is 1. The summed E-state index contributed by atoms with van der Waals surface area (Å²) in [6.07, 6.45) is 0. The highest BCUT2D eigenvalue weighted by atomic mass is 32.1. The Morgan fingerprint density at radius 2 is 2.57 bits per heavy atom. The van der Waals surface area contributed by atoms with E-state index in [1.807, 2.05) is 13.0 Å². The second-order valence-electron chi connectivity index (χ2n) is 2.46. The number of nitriles is 1. The second-order valence-corrected chi connectivity index (χ2v) is 3.38. The van der Waals surface area contributed by atoms with Gasteiger partial charge in [0.1, 0.15) is 17.7 Å². The zero-order valence-electron chi connectivity index (χ0n) is 7.74. The molecule has 0 atom stereocenters. The average Bonchev–Trinajstić information content (AvgIpc) is 2.62.